The second kappa shape index (κ2) is 48.4. The van der Waals surface area contributed by atoms with Crippen molar-refractivity contribution < 1.29 is 24.5 Å². The number of carbonyl (C=O) groups is 2. The monoisotopic (exact) mass is 846 g/mol. The van der Waals surface area contributed by atoms with Crippen molar-refractivity contribution >= 4 is 11.9 Å². The highest BCUT2D eigenvalue weighted by molar-refractivity contribution is 5.77. The lowest BCUT2D eigenvalue weighted by Gasteiger charge is -2.24. The van der Waals surface area contributed by atoms with E-state index in [1.54, 1.807) is 0 Å². The van der Waals surface area contributed by atoms with Gasteiger partial charge in [-0.3, -0.25) is 9.59 Å². The van der Waals surface area contributed by atoms with E-state index in [-0.39, 0.29) is 24.9 Å². The van der Waals surface area contributed by atoms with E-state index >= 15 is 0 Å². The molecule has 0 aromatic carbocycles. The van der Waals surface area contributed by atoms with E-state index in [9.17, 15) is 19.8 Å². The normalized spacial score (nSPS) is 13.3. The van der Waals surface area contributed by atoms with Crippen molar-refractivity contribution in [1.82, 2.24) is 5.32 Å². The molecule has 0 fully saturated rings. The molecule has 0 aromatic heterocycles. The minimum absolute atomic E-state index is 0.0795. The first-order chi connectivity index (χ1) is 29.5. The number of ether oxygens (including phenoxy) is 1. The maximum absolute atomic E-state index is 13.2. The van der Waals surface area contributed by atoms with Gasteiger partial charge in [0.15, 0.2) is 0 Å². The van der Waals surface area contributed by atoms with Crippen molar-refractivity contribution in [3.05, 3.63) is 24.3 Å². The number of aliphatic hydroxyl groups is 2. The molecule has 0 radical (unpaired) electrons. The van der Waals surface area contributed by atoms with Gasteiger partial charge in [0.25, 0.3) is 0 Å². The molecule has 60 heavy (non-hydrogen) atoms. The van der Waals surface area contributed by atoms with E-state index in [4.69, 9.17) is 4.74 Å². The van der Waals surface area contributed by atoms with Gasteiger partial charge in [0.1, 0.15) is 6.10 Å². The number of rotatable bonds is 48. The number of carbonyl (C=O) groups excluding carboxylic acids is 2. The summed E-state index contributed by atoms with van der Waals surface area (Å²) >= 11 is 0. The molecule has 0 rings (SSSR count). The predicted octanol–water partition coefficient (Wildman–Crippen LogP) is 15.9. The number of nitrogens with one attached hydrogen (secondary N) is 1. The number of hydrogen-bond donors (Lipinski definition) is 3. The largest absolute Gasteiger partial charge is 0.462 e. The predicted molar refractivity (Wildman–Crippen MR) is 260 cm³/mol. The highest BCUT2D eigenvalue weighted by Crippen LogP contribution is 2.18. The van der Waals surface area contributed by atoms with Gasteiger partial charge in [0.05, 0.1) is 25.2 Å². The summed E-state index contributed by atoms with van der Waals surface area (Å²) in [6.07, 6.45) is 55.3. The highest BCUT2D eigenvalue weighted by atomic mass is 16.5. The van der Waals surface area contributed by atoms with Crippen molar-refractivity contribution in [2.45, 2.75) is 302 Å². The lowest BCUT2D eigenvalue weighted by Crippen LogP contribution is -2.46. The summed E-state index contributed by atoms with van der Waals surface area (Å²) in [6, 6.07) is -0.698. The molecular weight excluding hydrogens is 743 g/mol. The van der Waals surface area contributed by atoms with Crippen LogP contribution in [0.3, 0.4) is 0 Å². The van der Waals surface area contributed by atoms with Crippen LogP contribution in [0.5, 0.6) is 0 Å². The third-order valence-electron chi connectivity index (χ3n) is 12.3. The van der Waals surface area contributed by atoms with Crippen LogP contribution in [0.25, 0.3) is 0 Å². The first-order valence-electron chi connectivity index (χ1n) is 26.6. The number of aliphatic hydroxyl groups excluding tert-OH is 2. The van der Waals surface area contributed by atoms with Crippen LogP contribution in [0.4, 0.5) is 0 Å². The van der Waals surface area contributed by atoms with Gasteiger partial charge in [-0.15, -0.1) is 0 Å². The molecule has 0 spiro atoms. The topological polar surface area (TPSA) is 95.9 Å². The smallest absolute Gasteiger partial charge is 0.306 e. The highest BCUT2D eigenvalue weighted by Gasteiger charge is 2.24. The summed E-state index contributed by atoms with van der Waals surface area (Å²) in [7, 11) is 0. The third-order valence-corrected chi connectivity index (χ3v) is 12.3. The lowest BCUT2D eigenvalue weighted by molar-refractivity contribution is -0.151. The maximum Gasteiger partial charge on any atom is 0.306 e. The van der Waals surface area contributed by atoms with Gasteiger partial charge >= 0.3 is 5.97 Å². The zero-order chi connectivity index (χ0) is 43.8. The first kappa shape index (κ1) is 58.3. The zero-order valence-corrected chi connectivity index (χ0v) is 40.4. The van der Waals surface area contributed by atoms with E-state index in [1.807, 2.05) is 0 Å². The number of hydrogen-bond acceptors (Lipinski definition) is 5. The Bertz CT molecular complexity index is 950. The van der Waals surface area contributed by atoms with Crippen LogP contribution >= 0.6 is 0 Å². The Morgan fingerprint density at radius 2 is 0.900 bits per heavy atom. The number of esters is 1. The molecule has 0 bridgehead atoms. The summed E-state index contributed by atoms with van der Waals surface area (Å²) in [5, 5.41) is 23.8. The van der Waals surface area contributed by atoms with Crippen molar-refractivity contribution in [2.75, 3.05) is 6.61 Å². The Morgan fingerprint density at radius 3 is 1.35 bits per heavy atom. The fourth-order valence-corrected chi connectivity index (χ4v) is 8.29. The molecule has 354 valence electrons. The van der Waals surface area contributed by atoms with Crippen LogP contribution < -0.4 is 5.32 Å². The molecule has 0 aliphatic carbocycles. The third kappa shape index (κ3) is 43.0. The van der Waals surface area contributed by atoms with Gasteiger partial charge in [-0.05, 0) is 51.4 Å². The fraction of sp³-hybridized carbons (Fsp3) is 0.889. The fourth-order valence-electron chi connectivity index (χ4n) is 8.29. The molecule has 3 unspecified atom stereocenters. The standard InChI is InChI=1S/C54H103NO5/c1-4-7-10-13-16-19-22-24-26-27-28-29-31-34-37-40-43-46-52(57)51(49-56)55-53(58)48-50(45-42-39-36-33-21-18-15-12-9-6-3)60-54(59)47-44-41-38-35-32-30-25-23-20-17-14-11-8-5-2/h8,11,17,20,50-52,56-57H,4-7,9-10,12-16,18-19,21-49H2,1-3H3,(H,55,58)/b11-8+,20-17+. The van der Waals surface area contributed by atoms with Gasteiger partial charge in [-0.25, -0.2) is 0 Å². The molecule has 3 atom stereocenters. The quantitative estimate of drug-likeness (QED) is 0.0322. The molecule has 0 aliphatic rings. The molecule has 1 amide bonds. The molecule has 6 heteroatoms. The Hall–Kier alpha value is -1.66. The summed E-state index contributed by atoms with van der Waals surface area (Å²) in [5.41, 5.74) is 0. The number of allylic oxidation sites excluding steroid dienone is 4. The van der Waals surface area contributed by atoms with Crippen LogP contribution in [0.15, 0.2) is 24.3 Å². The van der Waals surface area contributed by atoms with Gasteiger partial charge in [0.2, 0.25) is 5.91 Å². The van der Waals surface area contributed by atoms with Crippen molar-refractivity contribution in [2.24, 2.45) is 0 Å². The van der Waals surface area contributed by atoms with Crippen molar-refractivity contribution in [1.29, 1.82) is 0 Å². The van der Waals surface area contributed by atoms with Crippen molar-refractivity contribution in [3.8, 4) is 0 Å². The van der Waals surface area contributed by atoms with Crippen LogP contribution in [0.1, 0.15) is 284 Å². The summed E-state index contributed by atoms with van der Waals surface area (Å²) in [6.45, 7) is 6.39. The molecule has 3 N–H and O–H groups in total. The molecule has 0 heterocycles. The Morgan fingerprint density at radius 1 is 0.500 bits per heavy atom. The Labute approximate surface area is 373 Å². The van der Waals surface area contributed by atoms with Crippen LogP contribution in [0, 0.1) is 0 Å². The molecular formula is C54H103NO5. The molecule has 0 aromatic rings. The van der Waals surface area contributed by atoms with E-state index in [2.05, 4.69) is 50.4 Å². The summed E-state index contributed by atoms with van der Waals surface area (Å²) < 4.78 is 5.92. The first-order valence-corrected chi connectivity index (χ1v) is 26.6. The SMILES string of the molecule is CC/C=C/C/C=C/CCCCCCCCCC(=O)OC(CCCCCCCCCCCC)CC(=O)NC(CO)C(O)CCCCCCCCCCCCCCCCCCC. The minimum atomic E-state index is -0.784. The second-order valence-corrected chi connectivity index (χ2v) is 18.3. The Kier molecular flexibility index (Phi) is 47.0. The minimum Gasteiger partial charge on any atom is -0.462 e. The summed E-state index contributed by atoms with van der Waals surface area (Å²) in [5.74, 6) is -0.470. The van der Waals surface area contributed by atoms with Crippen molar-refractivity contribution in [3.63, 3.8) is 0 Å². The van der Waals surface area contributed by atoms with Gasteiger partial charge < -0.3 is 20.3 Å². The summed E-state index contributed by atoms with van der Waals surface area (Å²) in [4.78, 5) is 26.1. The number of amides is 1. The average molecular weight is 846 g/mol. The zero-order valence-electron chi connectivity index (χ0n) is 40.4. The second-order valence-electron chi connectivity index (χ2n) is 18.3. The van der Waals surface area contributed by atoms with Gasteiger partial charge in [-0.1, -0.05) is 244 Å². The maximum atomic E-state index is 13.2. The lowest BCUT2D eigenvalue weighted by atomic mass is 10.0. The van der Waals surface area contributed by atoms with Crippen LogP contribution in [-0.4, -0.2) is 46.9 Å². The average Bonchev–Trinajstić information content (AvgIpc) is 3.24. The molecule has 0 saturated carbocycles. The molecule has 6 nitrogen and oxygen atoms in total. The van der Waals surface area contributed by atoms with Crippen LogP contribution in [-0.2, 0) is 14.3 Å². The van der Waals surface area contributed by atoms with E-state index in [0.29, 0.717) is 19.3 Å². The van der Waals surface area contributed by atoms with Gasteiger partial charge in [-0.2, -0.15) is 0 Å². The van der Waals surface area contributed by atoms with Crippen LogP contribution in [0.2, 0.25) is 0 Å². The van der Waals surface area contributed by atoms with E-state index in [0.717, 1.165) is 64.2 Å². The van der Waals surface area contributed by atoms with Gasteiger partial charge in [0, 0.05) is 6.42 Å². The Balaban J connectivity index is 4.42. The van der Waals surface area contributed by atoms with E-state index < -0.39 is 18.2 Å². The molecule has 0 aliphatic heterocycles. The van der Waals surface area contributed by atoms with E-state index in [1.165, 1.54) is 173 Å². The number of unbranched alkanes of at least 4 members (excludes halogenated alkanes) is 32. The molecule has 0 saturated heterocycles.